The fraction of sp³-hybridized carbons (Fsp3) is 0.412. The molecule has 0 amide bonds. The summed E-state index contributed by atoms with van der Waals surface area (Å²) in [6.07, 6.45) is 1.84. The Morgan fingerprint density at radius 1 is 1.35 bits per heavy atom. The lowest BCUT2D eigenvalue weighted by atomic mass is 10.0. The lowest BCUT2D eigenvalue weighted by Crippen LogP contribution is -2.13. The van der Waals surface area contributed by atoms with Gasteiger partial charge in [0.2, 0.25) is 0 Å². The number of rotatable bonds is 6. The standard InChI is InChI=1S/C17H21N3O2S/c1-10(2)7-12-9-23-17-15(12)16(19-11(3)20-17)18-8-13(21)14-5-4-6-22-14/h4-6,9-10,13,21H,7-8H2,1-3H3,(H,18,19,20). The van der Waals surface area contributed by atoms with E-state index in [1.807, 2.05) is 6.92 Å². The van der Waals surface area contributed by atoms with Gasteiger partial charge in [0, 0.05) is 6.54 Å². The second kappa shape index (κ2) is 6.68. The predicted molar refractivity (Wildman–Crippen MR) is 92.9 cm³/mol. The molecule has 0 aliphatic heterocycles. The molecule has 1 atom stereocenters. The second-order valence-electron chi connectivity index (χ2n) is 6.07. The first kappa shape index (κ1) is 16.0. The van der Waals surface area contributed by atoms with Crippen LogP contribution in [-0.4, -0.2) is 21.6 Å². The highest BCUT2D eigenvalue weighted by molar-refractivity contribution is 7.17. The molecule has 0 saturated carbocycles. The van der Waals surface area contributed by atoms with Crippen LogP contribution in [0.3, 0.4) is 0 Å². The van der Waals surface area contributed by atoms with Crippen LogP contribution in [0.15, 0.2) is 28.2 Å². The van der Waals surface area contributed by atoms with Crippen LogP contribution in [0.4, 0.5) is 5.82 Å². The van der Waals surface area contributed by atoms with E-state index in [9.17, 15) is 5.11 Å². The number of hydrogen-bond acceptors (Lipinski definition) is 6. The molecule has 0 aliphatic carbocycles. The molecule has 6 heteroatoms. The molecule has 0 aromatic carbocycles. The summed E-state index contributed by atoms with van der Waals surface area (Å²) >= 11 is 1.64. The quantitative estimate of drug-likeness (QED) is 0.716. The molecular weight excluding hydrogens is 310 g/mol. The number of hydrogen-bond donors (Lipinski definition) is 2. The van der Waals surface area contributed by atoms with Crippen molar-refractivity contribution in [2.24, 2.45) is 5.92 Å². The highest BCUT2D eigenvalue weighted by atomic mass is 32.1. The van der Waals surface area contributed by atoms with Crippen molar-refractivity contribution in [1.29, 1.82) is 0 Å². The molecule has 3 aromatic rings. The monoisotopic (exact) mass is 331 g/mol. The van der Waals surface area contributed by atoms with Crippen LogP contribution < -0.4 is 5.32 Å². The lowest BCUT2D eigenvalue weighted by Gasteiger charge is -2.13. The minimum Gasteiger partial charge on any atom is -0.467 e. The molecular formula is C17H21N3O2S. The zero-order valence-corrected chi connectivity index (χ0v) is 14.4. The highest BCUT2D eigenvalue weighted by Gasteiger charge is 2.16. The molecule has 0 radical (unpaired) electrons. The van der Waals surface area contributed by atoms with Crippen molar-refractivity contribution in [3.05, 3.63) is 40.9 Å². The van der Waals surface area contributed by atoms with Crippen molar-refractivity contribution >= 4 is 27.4 Å². The molecule has 3 rings (SSSR count). The second-order valence-corrected chi connectivity index (χ2v) is 6.93. The Kier molecular flexibility index (Phi) is 4.63. The summed E-state index contributed by atoms with van der Waals surface area (Å²) in [7, 11) is 0. The fourth-order valence-corrected chi connectivity index (χ4v) is 3.60. The van der Waals surface area contributed by atoms with E-state index >= 15 is 0 Å². The number of nitrogens with zero attached hydrogens (tertiary/aromatic N) is 2. The van der Waals surface area contributed by atoms with Crippen molar-refractivity contribution < 1.29 is 9.52 Å². The third-order valence-electron chi connectivity index (χ3n) is 3.58. The molecule has 23 heavy (non-hydrogen) atoms. The number of aryl methyl sites for hydroxylation is 1. The van der Waals surface area contributed by atoms with Gasteiger partial charge < -0.3 is 14.8 Å². The van der Waals surface area contributed by atoms with Gasteiger partial charge in [-0.3, -0.25) is 0 Å². The van der Waals surface area contributed by atoms with Crippen molar-refractivity contribution in [3.8, 4) is 0 Å². The van der Waals surface area contributed by atoms with Crippen LogP contribution in [-0.2, 0) is 6.42 Å². The van der Waals surface area contributed by atoms with Crippen molar-refractivity contribution in [1.82, 2.24) is 9.97 Å². The van der Waals surface area contributed by atoms with Crippen molar-refractivity contribution in [2.75, 3.05) is 11.9 Å². The first-order valence-corrected chi connectivity index (χ1v) is 8.62. The van der Waals surface area contributed by atoms with E-state index in [1.54, 1.807) is 29.7 Å². The first-order chi connectivity index (χ1) is 11.0. The van der Waals surface area contributed by atoms with E-state index in [0.29, 0.717) is 18.2 Å². The van der Waals surface area contributed by atoms with Crippen LogP contribution in [0.1, 0.15) is 37.1 Å². The van der Waals surface area contributed by atoms with Gasteiger partial charge in [0.05, 0.1) is 11.6 Å². The number of aliphatic hydroxyl groups is 1. The Morgan fingerprint density at radius 2 is 2.17 bits per heavy atom. The van der Waals surface area contributed by atoms with Gasteiger partial charge in [-0.2, -0.15) is 0 Å². The van der Waals surface area contributed by atoms with Crippen LogP contribution >= 0.6 is 11.3 Å². The van der Waals surface area contributed by atoms with E-state index in [2.05, 4.69) is 34.5 Å². The van der Waals surface area contributed by atoms with Crippen LogP contribution in [0, 0.1) is 12.8 Å². The van der Waals surface area contributed by atoms with Crippen LogP contribution in [0.25, 0.3) is 10.2 Å². The van der Waals surface area contributed by atoms with Crippen molar-refractivity contribution in [2.45, 2.75) is 33.3 Å². The zero-order chi connectivity index (χ0) is 16.4. The van der Waals surface area contributed by atoms with Crippen LogP contribution in [0.5, 0.6) is 0 Å². The molecule has 0 fully saturated rings. The molecule has 122 valence electrons. The number of furan rings is 1. The molecule has 0 spiro atoms. The molecule has 0 bridgehead atoms. The average molecular weight is 331 g/mol. The molecule has 3 aromatic heterocycles. The molecule has 2 N–H and O–H groups in total. The molecule has 3 heterocycles. The third-order valence-corrected chi connectivity index (χ3v) is 4.51. The Bertz CT molecular complexity index is 781. The minimum absolute atomic E-state index is 0.343. The number of nitrogens with one attached hydrogen (secondary N) is 1. The third kappa shape index (κ3) is 3.54. The average Bonchev–Trinajstić information content (AvgIpc) is 3.14. The highest BCUT2D eigenvalue weighted by Crippen LogP contribution is 2.32. The molecule has 1 unspecified atom stereocenters. The first-order valence-electron chi connectivity index (χ1n) is 7.74. The van der Waals surface area contributed by atoms with Gasteiger partial charge in [-0.1, -0.05) is 13.8 Å². The Morgan fingerprint density at radius 3 is 2.87 bits per heavy atom. The van der Waals surface area contributed by atoms with Crippen molar-refractivity contribution in [3.63, 3.8) is 0 Å². The summed E-state index contributed by atoms with van der Waals surface area (Å²) in [4.78, 5) is 10.1. The zero-order valence-electron chi connectivity index (χ0n) is 13.5. The summed E-state index contributed by atoms with van der Waals surface area (Å²) in [5.74, 6) is 2.63. The number of aliphatic hydroxyl groups excluding tert-OH is 1. The topological polar surface area (TPSA) is 71.2 Å². The number of anilines is 1. The number of thiophene rings is 1. The van der Waals surface area contributed by atoms with E-state index in [4.69, 9.17) is 4.42 Å². The summed E-state index contributed by atoms with van der Waals surface area (Å²) < 4.78 is 5.24. The van der Waals surface area contributed by atoms with Gasteiger partial charge >= 0.3 is 0 Å². The number of aromatic nitrogens is 2. The Labute approximate surface area is 139 Å². The maximum atomic E-state index is 10.2. The van der Waals surface area contributed by atoms with E-state index < -0.39 is 6.10 Å². The maximum absolute atomic E-state index is 10.2. The maximum Gasteiger partial charge on any atom is 0.138 e. The predicted octanol–water partition coefficient (Wildman–Crippen LogP) is 3.94. The van der Waals surface area contributed by atoms with Gasteiger partial charge in [-0.05, 0) is 42.3 Å². The summed E-state index contributed by atoms with van der Waals surface area (Å²) in [6, 6.07) is 3.53. The normalized spacial score (nSPS) is 12.9. The molecule has 5 nitrogen and oxygen atoms in total. The van der Waals surface area contributed by atoms with Gasteiger partial charge in [0.1, 0.15) is 28.3 Å². The van der Waals surface area contributed by atoms with Crippen LogP contribution in [0.2, 0.25) is 0 Å². The van der Waals surface area contributed by atoms with E-state index in [0.717, 1.165) is 28.3 Å². The Hall–Kier alpha value is -1.92. The minimum atomic E-state index is -0.706. The van der Waals surface area contributed by atoms with Gasteiger partial charge in [-0.15, -0.1) is 11.3 Å². The van der Waals surface area contributed by atoms with E-state index in [1.165, 1.54) is 5.56 Å². The lowest BCUT2D eigenvalue weighted by molar-refractivity contribution is 0.162. The molecule has 0 saturated heterocycles. The fourth-order valence-electron chi connectivity index (χ4n) is 2.60. The Balaban J connectivity index is 1.88. The van der Waals surface area contributed by atoms with Gasteiger partial charge in [0.15, 0.2) is 0 Å². The largest absolute Gasteiger partial charge is 0.467 e. The SMILES string of the molecule is Cc1nc(NCC(O)c2ccco2)c2c(CC(C)C)csc2n1. The summed E-state index contributed by atoms with van der Waals surface area (Å²) in [6.45, 7) is 6.63. The van der Waals surface area contributed by atoms with E-state index in [-0.39, 0.29) is 0 Å². The smallest absolute Gasteiger partial charge is 0.138 e. The summed E-state index contributed by atoms with van der Waals surface area (Å²) in [5.41, 5.74) is 1.26. The molecule has 0 aliphatic rings. The number of fused-ring (bicyclic) bond motifs is 1. The van der Waals surface area contributed by atoms with Gasteiger partial charge in [-0.25, -0.2) is 9.97 Å². The van der Waals surface area contributed by atoms with Gasteiger partial charge in [0.25, 0.3) is 0 Å². The summed E-state index contributed by atoms with van der Waals surface area (Å²) in [5, 5.41) is 16.7.